The molecule has 1 amide bonds. The van der Waals surface area contributed by atoms with Gasteiger partial charge in [-0.25, -0.2) is 9.97 Å². The summed E-state index contributed by atoms with van der Waals surface area (Å²) in [7, 11) is 1.61. The number of nitrogens with one attached hydrogen (secondary N) is 1. The molecule has 0 unspecified atom stereocenters. The largest absolute Gasteiger partial charge is 0.494 e. The molecule has 29 heavy (non-hydrogen) atoms. The van der Waals surface area contributed by atoms with Crippen LogP contribution in [0.3, 0.4) is 0 Å². The van der Waals surface area contributed by atoms with Gasteiger partial charge in [-0.05, 0) is 35.7 Å². The summed E-state index contributed by atoms with van der Waals surface area (Å²) in [5.41, 5.74) is 2.89. The number of fused-ring (bicyclic) bond motifs is 2. The van der Waals surface area contributed by atoms with Crippen molar-refractivity contribution in [2.24, 2.45) is 0 Å². The van der Waals surface area contributed by atoms with Crippen molar-refractivity contribution in [3.63, 3.8) is 0 Å². The molecule has 0 saturated carbocycles. The van der Waals surface area contributed by atoms with E-state index in [-0.39, 0.29) is 5.91 Å². The molecule has 2 aromatic carbocycles. The average molecular weight is 418 g/mol. The van der Waals surface area contributed by atoms with E-state index in [9.17, 15) is 4.79 Å². The van der Waals surface area contributed by atoms with Crippen molar-refractivity contribution in [3.05, 3.63) is 71.6 Å². The number of benzene rings is 2. The van der Waals surface area contributed by atoms with Gasteiger partial charge in [-0.2, -0.15) is 0 Å². The maximum Gasteiger partial charge on any atom is 0.258 e. The molecule has 0 aliphatic rings. The van der Waals surface area contributed by atoms with Crippen molar-refractivity contribution in [1.82, 2.24) is 9.97 Å². The lowest BCUT2D eigenvalue weighted by Crippen LogP contribution is -2.12. The Morgan fingerprint density at radius 3 is 2.76 bits per heavy atom. The molecule has 0 bridgehead atoms. The number of carbonyl (C=O) groups excluding carboxylic acids is 1. The minimum Gasteiger partial charge on any atom is -0.494 e. The Morgan fingerprint density at radius 1 is 1.03 bits per heavy atom. The molecule has 5 aromatic rings. The van der Waals surface area contributed by atoms with Crippen molar-refractivity contribution in [3.8, 4) is 16.3 Å². The van der Waals surface area contributed by atoms with Crippen LogP contribution in [0.25, 0.3) is 31.7 Å². The monoisotopic (exact) mass is 417 g/mol. The van der Waals surface area contributed by atoms with Crippen molar-refractivity contribution >= 4 is 54.8 Å². The van der Waals surface area contributed by atoms with E-state index in [4.69, 9.17) is 9.72 Å². The summed E-state index contributed by atoms with van der Waals surface area (Å²) in [6, 6.07) is 19.2. The zero-order valence-electron chi connectivity index (χ0n) is 15.4. The van der Waals surface area contributed by atoms with Crippen LogP contribution in [0, 0.1) is 0 Å². The van der Waals surface area contributed by atoms with Gasteiger partial charge in [0.15, 0.2) is 5.13 Å². The Labute approximate surface area is 174 Å². The predicted molar refractivity (Wildman–Crippen MR) is 119 cm³/mol. The van der Waals surface area contributed by atoms with Gasteiger partial charge in [0.1, 0.15) is 11.3 Å². The first kappa shape index (κ1) is 17.8. The molecule has 0 atom stereocenters. The first-order chi connectivity index (χ1) is 14.2. The predicted octanol–water partition coefficient (Wildman–Crippen LogP) is 5.83. The number of hydrogen-bond acceptors (Lipinski definition) is 6. The third-order valence-corrected chi connectivity index (χ3v) is 6.39. The van der Waals surface area contributed by atoms with E-state index in [0.29, 0.717) is 16.4 Å². The zero-order chi connectivity index (χ0) is 19.8. The van der Waals surface area contributed by atoms with Crippen LogP contribution in [0.5, 0.6) is 5.75 Å². The van der Waals surface area contributed by atoms with Crippen molar-refractivity contribution in [2.45, 2.75) is 0 Å². The number of ether oxygens (including phenoxy) is 1. The third-order valence-electron chi connectivity index (χ3n) is 4.56. The average Bonchev–Trinajstić information content (AvgIpc) is 3.42. The normalized spacial score (nSPS) is 11.1. The third kappa shape index (κ3) is 3.24. The van der Waals surface area contributed by atoms with Crippen LogP contribution in [0.4, 0.5) is 5.13 Å². The number of aromatic nitrogens is 2. The van der Waals surface area contributed by atoms with Gasteiger partial charge in [0, 0.05) is 5.39 Å². The van der Waals surface area contributed by atoms with Gasteiger partial charge in [0.25, 0.3) is 5.91 Å². The number of hydrogen-bond donors (Lipinski definition) is 1. The summed E-state index contributed by atoms with van der Waals surface area (Å²) >= 11 is 3.02. The highest BCUT2D eigenvalue weighted by molar-refractivity contribution is 7.22. The molecule has 5 nitrogen and oxygen atoms in total. The fourth-order valence-electron chi connectivity index (χ4n) is 3.22. The number of thiazole rings is 1. The molecule has 142 valence electrons. The number of nitrogens with zero attached hydrogens (tertiary/aromatic N) is 2. The second-order valence-corrected chi connectivity index (χ2v) is 8.31. The minimum atomic E-state index is -0.209. The van der Waals surface area contributed by atoms with E-state index in [2.05, 4.69) is 10.3 Å². The number of amides is 1. The molecule has 5 rings (SSSR count). The maximum absolute atomic E-state index is 13.2. The fourth-order valence-corrected chi connectivity index (χ4v) is 4.78. The highest BCUT2D eigenvalue weighted by atomic mass is 32.1. The van der Waals surface area contributed by atoms with Crippen molar-refractivity contribution in [2.75, 3.05) is 12.4 Å². The van der Waals surface area contributed by atoms with Crippen LogP contribution in [0.2, 0.25) is 0 Å². The van der Waals surface area contributed by atoms with Crippen LogP contribution in [-0.2, 0) is 0 Å². The Hall–Kier alpha value is -3.29. The quantitative estimate of drug-likeness (QED) is 0.399. The van der Waals surface area contributed by atoms with E-state index < -0.39 is 0 Å². The molecule has 0 fully saturated rings. The van der Waals surface area contributed by atoms with Crippen LogP contribution in [0.15, 0.2) is 66.0 Å². The van der Waals surface area contributed by atoms with Gasteiger partial charge in [-0.1, -0.05) is 41.7 Å². The number of thiophene rings is 1. The fraction of sp³-hybridized carbons (Fsp3) is 0.0455. The summed E-state index contributed by atoms with van der Waals surface area (Å²) in [5.74, 6) is 0.480. The number of para-hydroxylation sites is 2. The molecular formula is C22H15N3O2S2. The van der Waals surface area contributed by atoms with Crippen LogP contribution < -0.4 is 10.1 Å². The second kappa shape index (κ2) is 7.27. The summed E-state index contributed by atoms with van der Waals surface area (Å²) in [6.45, 7) is 0. The molecule has 0 spiro atoms. The Morgan fingerprint density at radius 2 is 1.93 bits per heavy atom. The number of anilines is 1. The molecule has 0 aliphatic carbocycles. The standard InChI is InChI=1S/C22H15N3O2S2/c1-27-17-8-4-9-19-20(17)24-22(29-19)25-21(26)14-12-16(18-10-5-11-28-18)23-15-7-3-2-6-13(14)15/h2-12H,1H3,(H,24,25,26). The summed E-state index contributed by atoms with van der Waals surface area (Å²) in [5, 5.41) is 6.30. The minimum absolute atomic E-state index is 0.209. The highest BCUT2D eigenvalue weighted by Gasteiger charge is 2.17. The van der Waals surface area contributed by atoms with Crippen LogP contribution in [-0.4, -0.2) is 23.0 Å². The van der Waals surface area contributed by atoms with Gasteiger partial charge in [0.05, 0.1) is 33.5 Å². The molecule has 0 radical (unpaired) electrons. The maximum atomic E-state index is 13.2. The lowest BCUT2D eigenvalue weighted by Gasteiger charge is -2.08. The molecule has 1 N–H and O–H groups in total. The van der Waals surface area contributed by atoms with Gasteiger partial charge in [0.2, 0.25) is 0 Å². The molecule has 7 heteroatoms. The first-order valence-corrected chi connectivity index (χ1v) is 10.6. The SMILES string of the molecule is COc1cccc2sc(NC(=O)c3cc(-c4cccs4)nc4ccccc34)nc12. The van der Waals surface area contributed by atoms with Crippen molar-refractivity contribution in [1.29, 1.82) is 0 Å². The van der Waals surface area contributed by atoms with Gasteiger partial charge in [-0.3, -0.25) is 10.1 Å². The van der Waals surface area contributed by atoms with Gasteiger partial charge >= 0.3 is 0 Å². The summed E-state index contributed by atoms with van der Waals surface area (Å²) in [6.07, 6.45) is 0. The van der Waals surface area contributed by atoms with E-state index in [1.165, 1.54) is 11.3 Å². The van der Waals surface area contributed by atoms with Crippen LogP contribution in [0.1, 0.15) is 10.4 Å². The molecule has 0 saturated heterocycles. The number of carbonyl (C=O) groups is 1. The summed E-state index contributed by atoms with van der Waals surface area (Å²) < 4.78 is 6.33. The molecule has 3 aromatic heterocycles. The lowest BCUT2D eigenvalue weighted by atomic mass is 10.1. The Bertz CT molecular complexity index is 1340. The van der Waals surface area contributed by atoms with E-state index >= 15 is 0 Å². The van der Waals surface area contributed by atoms with E-state index in [1.807, 2.05) is 66.0 Å². The second-order valence-electron chi connectivity index (χ2n) is 6.33. The highest BCUT2D eigenvalue weighted by Crippen LogP contribution is 2.33. The van der Waals surface area contributed by atoms with E-state index in [1.54, 1.807) is 18.4 Å². The molecular weight excluding hydrogens is 402 g/mol. The first-order valence-electron chi connectivity index (χ1n) is 8.91. The number of pyridine rings is 1. The van der Waals surface area contributed by atoms with Crippen molar-refractivity contribution < 1.29 is 9.53 Å². The van der Waals surface area contributed by atoms with E-state index in [0.717, 1.165) is 31.7 Å². The van der Waals surface area contributed by atoms with Gasteiger partial charge in [-0.15, -0.1) is 11.3 Å². The smallest absolute Gasteiger partial charge is 0.258 e. The number of rotatable bonds is 4. The molecule has 3 heterocycles. The van der Waals surface area contributed by atoms with Crippen LogP contribution >= 0.6 is 22.7 Å². The Balaban J connectivity index is 1.57. The number of methoxy groups -OCH3 is 1. The molecule has 0 aliphatic heterocycles. The topological polar surface area (TPSA) is 64.1 Å². The Kier molecular flexibility index (Phi) is 4.46. The summed E-state index contributed by atoms with van der Waals surface area (Å²) in [4.78, 5) is 23.5. The van der Waals surface area contributed by atoms with Gasteiger partial charge < -0.3 is 4.74 Å². The zero-order valence-corrected chi connectivity index (χ0v) is 17.0. The lowest BCUT2D eigenvalue weighted by molar-refractivity contribution is 0.102.